The topological polar surface area (TPSA) is 48.3 Å². The molecule has 0 saturated heterocycles. The first-order valence-corrected chi connectivity index (χ1v) is 5.22. The zero-order chi connectivity index (χ0) is 10.8. The van der Waals surface area contributed by atoms with Crippen molar-refractivity contribution in [1.29, 1.82) is 0 Å². The Kier molecular flexibility index (Phi) is 2.55. The molecule has 0 N–H and O–H groups in total. The van der Waals surface area contributed by atoms with Gasteiger partial charge in [0.05, 0.1) is 10.2 Å². The lowest BCUT2D eigenvalue weighted by molar-refractivity contribution is -0.144. The maximum Gasteiger partial charge on any atom is 0.310 e. The van der Waals surface area contributed by atoms with Crippen LogP contribution in [0.4, 0.5) is 0 Å². The molecule has 1 heterocycles. The highest BCUT2D eigenvalue weighted by Gasteiger charge is 2.06. The van der Waals surface area contributed by atoms with E-state index >= 15 is 0 Å². The van der Waals surface area contributed by atoms with Crippen LogP contribution in [0.15, 0.2) is 29.1 Å². The molecule has 0 aliphatic heterocycles. The Balaban J connectivity index is 2.45. The van der Waals surface area contributed by atoms with Crippen molar-refractivity contribution in [1.82, 2.24) is 4.57 Å². The summed E-state index contributed by atoms with van der Waals surface area (Å²) in [6, 6.07) is 7.41. The molecule has 0 fully saturated rings. The van der Waals surface area contributed by atoms with Crippen molar-refractivity contribution in [3.8, 4) is 0 Å². The lowest BCUT2D eigenvalue weighted by Gasteiger charge is -2.02. The Labute approximate surface area is 89.7 Å². The third-order valence-electron chi connectivity index (χ3n) is 1.97. The van der Waals surface area contributed by atoms with E-state index in [9.17, 15) is 9.59 Å². The van der Waals surface area contributed by atoms with Crippen molar-refractivity contribution >= 4 is 27.5 Å². The highest BCUT2D eigenvalue weighted by Crippen LogP contribution is 2.16. The number of esters is 1. The number of hydrogen-bond acceptors (Lipinski definition) is 4. The summed E-state index contributed by atoms with van der Waals surface area (Å²) in [6.45, 7) is 1.30. The second-order valence-corrected chi connectivity index (χ2v) is 4.02. The number of rotatable bonds is 2. The van der Waals surface area contributed by atoms with Gasteiger partial charge in [-0.05, 0) is 12.1 Å². The van der Waals surface area contributed by atoms with Gasteiger partial charge in [0.25, 0.3) is 0 Å². The average Bonchev–Trinajstić information content (AvgIpc) is 2.50. The number of carbonyl (C=O) groups is 1. The Morgan fingerprint density at radius 1 is 1.47 bits per heavy atom. The summed E-state index contributed by atoms with van der Waals surface area (Å²) in [5.41, 5.74) is 0.800. The molecule has 0 aliphatic carbocycles. The molecule has 0 radical (unpaired) electrons. The van der Waals surface area contributed by atoms with Crippen molar-refractivity contribution in [2.24, 2.45) is 0 Å². The van der Waals surface area contributed by atoms with Crippen LogP contribution in [0, 0.1) is 0 Å². The van der Waals surface area contributed by atoms with E-state index in [1.165, 1.54) is 11.5 Å². The number of ether oxygens (including phenoxy) is 1. The standard InChI is InChI=1S/C10H9NO3S/c1-7(12)14-6-11-8-4-2-3-5-9(8)15-10(11)13/h2-5H,6H2,1H3. The molecule has 2 rings (SSSR count). The number of thiazole rings is 1. The fourth-order valence-electron chi connectivity index (χ4n) is 1.29. The van der Waals surface area contributed by atoms with E-state index in [2.05, 4.69) is 0 Å². The summed E-state index contributed by atoms with van der Waals surface area (Å²) in [5, 5.41) is 0. The molecule has 0 bridgehead atoms. The molecule has 1 aromatic carbocycles. The monoisotopic (exact) mass is 223 g/mol. The Morgan fingerprint density at radius 2 is 2.20 bits per heavy atom. The maximum atomic E-state index is 11.5. The van der Waals surface area contributed by atoms with Crippen LogP contribution in [-0.2, 0) is 16.3 Å². The average molecular weight is 223 g/mol. The van der Waals surface area contributed by atoms with Gasteiger partial charge in [-0.25, -0.2) is 0 Å². The van der Waals surface area contributed by atoms with E-state index in [4.69, 9.17) is 4.74 Å². The van der Waals surface area contributed by atoms with E-state index in [0.29, 0.717) is 0 Å². The Hall–Kier alpha value is -1.62. The van der Waals surface area contributed by atoms with Gasteiger partial charge in [-0.15, -0.1) is 0 Å². The molecule has 0 amide bonds. The second kappa shape index (κ2) is 3.86. The number of fused-ring (bicyclic) bond motifs is 1. The number of aromatic nitrogens is 1. The largest absolute Gasteiger partial charge is 0.444 e. The quantitative estimate of drug-likeness (QED) is 0.726. The van der Waals surface area contributed by atoms with E-state index in [1.807, 2.05) is 24.3 Å². The molecular weight excluding hydrogens is 214 g/mol. The molecule has 15 heavy (non-hydrogen) atoms. The summed E-state index contributed by atoms with van der Waals surface area (Å²) >= 11 is 1.15. The Bertz CT molecular complexity index is 555. The first kappa shape index (κ1) is 9.92. The summed E-state index contributed by atoms with van der Waals surface area (Å²) in [4.78, 5) is 22.1. The van der Waals surface area contributed by atoms with Crippen LogP contribution in [0.1, 0.15) is 6.92 Å². The SMILES string of the molecule is CC(=O)OCn1c(=O)sc2ccccc21. The molecule has 0 spiro atoms. The highest BCUT2D eigenvalue weighted by atomic mass is 32.1. The fourth-order valence-corrected chi connectivity index (χ4v) is 2.17. The van der Waals surface area contributed by atoms with Crippen molar-refractivity contribution < 1.29 is 9.53 Å². The fraction of sp³-hybridized carbons (Fsp3) is 0.200. The number of para-hydroxylation sites is 1. The van der Waals surface area contributed by atoms with E-state index in [1.54, 1.807) is 0 Å². The minimum Gasteiger partial charge on any atom is -0.444 e. The Morgan fingerprint density at radius 3 is 2.93 bits per heavy atom. The van der Waals surface area contributed by atoms with Crippen LogP contribution in [0.25, 0.3) is 10.2 Å². The summed E-state index contributed by atoms with van der Waals surface area (Å²) < 4.78 is 7.15. The van der Waals surface area contributed by atoms with Crippen LogP contribution in [-0.4, -0.2) is 10.5 Å². The van der Waals surface area contributed by atoms with Gasteiger partial charge < -0.3 is 4.74 Å². The lowest BCUT2D eigenvalue weighted by Crippen LogP contribution is -2.16. The van der Waals surface area contributed by atoms with Crippen molar-refractivity contribution in [3.63, 3.8) is 0 Å². The predicted molar refractivity (Wildman–Crippen MR) is 57.9 cm³/mol. The van der Waals surface area contributed by atoms with Crippen LogP contribution in [0.3, 0.4) is 0 Å². The van der Waals surface area contributed by atoms with Gasteiger partial charge in [0, 0.05) is 6.92 Å². The van der Waals surface area contributed by atoms with Gasteiger partial charge >= 0.3 is 10.8 Å². The number of hydrogen-bond donors (Lipinski definition) is 0. The van der Waals surface area contributed by atoms with Gasteiger partial charge in [0.2, 0.25) is 0 Å². The maximum absolute atomic E-state index is 11.5. The number of benzene rings is 1. The normalized spacial score (nSPS) is 10.5. The lowest BCUT2D eigenvalue weighted by atomic mass is 10.3. The molecule has 5 heteroatoms. The van der Waals surface area contributed by atoms with Crippen molar-refractivity contribution in [2.75, 3.05) is 0 Å². The van der Waals surface area contributed by atoms with Crippen LogP contribution < -0.4 is 4.87 Å². The van der Waals surface area contributed by atoms with Gasteiger partial charge in [0.15, 0.2) is 6.73 Å². The highest BCUT2D eigenvalue weighted by molar-refractivity contribution is 7.16. The molecule has 2 aromatic rings. The molecule has 4 nitrogen and oxygen atoms in total. The van der Waals surface area contributed by atoms with Gasteiger partial charge in [0.1, 0.15) is 0 Å². The van der Waals surface area contributed by atoms with E-state index in [0.717, 1.165) is 21.6 Å². The minimum atomic E-state index is -0.391. The third-order valence-corrected chi connectivity index (χ3v) is 2.93. The van der Waals surface area contributed by atoms with Crippen molar-refractivity contribution in [2.45, 2.75) is 13.7 Å². The molecular formula is C10H9NO3S. The summed E-state index contributed by atoms with van der Waals surface area (Å²) in [7, 11) is 0. The summed E-state index contributed by atoms with van der Waals surface area (Å²) in [6.07, 6.45) is 0. The van der Waals surface area contributed by atoms with Gasteiger partial charge in [-0.1, -0.05) is 23.5 Å². The smallest absolute Gasteiger partial charge is 0.310 e. The van der Waals surface area contributed by atoms with E-state index in [-0.39, 0.29) is 11.6 Å². The van der Waals surface area contributed by atoms with Crippen LogP contribution >= 0.6 is 11.3 Å². The summed E-state index contributed by atoms with van der Waals surface area (Å²) in [5.74, 6) is -0.391. The first-order valence-electron chi connectivity index (χ1n) is 4.40. The number of carbonyl (C=O) groups excluding carboxylic acids is 1. The molecule has 0 aliphatic rings. The van der Waals surface area contributed by atoms with Gasteiger partial charge in [-0.3, -0.25) is 14.2 Å². The minimum absolute atomic E-state index is 0.0157. The van der Waals surface area contributed by atoms with E-state index < -0.39 is 5.97 Å². The second-order valence-electron chi connectivity index (χ2n) is 3.03. The molecule has 0 saturated carbocycles. The zero-order valence-electron chi connectivity index (χ0n) is 8.10. The molecule has 78 valence electrons. The third kappa shape index (κ3) is 1.92. The predicted octanol–water partition coefficient (Wildman–Crippen LogP) is 1.58. The molecule has 1 aromatic heterocycles. The zero-order valence-corrected chi connectivity index (χ0v) is 8.91. The van der Waals surface area contributed by atoms with Crippen LogP contribution in [0.5, 0.6) is 0 Å². The van der Waals surface area contributed by atoms with Crippen molar-refractivity contribution in [3.05, 3.63) is 33.9 Å². The van der Waals surface area contributed by atoms with Crippen LogP contribution in [0.2, 0.25) is 0 Å². The first-order chi connectivity index (χ1) is 7.18. The molecule has 0 unspecified atom stereocenters. The molecule has 0 atom stereocenters. The number of nitrogens with zero attached hydrogens (tertiary/aromatic N) is 1. The van der Waals surface area contributed by atoms with Gasteiger partial charge in [-0.2, -0.15) is 0 Å².